The summed E-state index contributed by atoms with van der Waals surface area (Å²) >= 11 is 0. The Morgan fingerprint density at radius 2 is 0.346 bits per heavy atom. The standard InChI is InChI=1S/C18H24P2.6C15H9.2C8H20P2.6Au/c1-19(17-11-5-3-6-12-17)15-9-10-16-20(2)18-13-7-4-8-14-18;4*1-2-11-7-8-15-13(9-11)10-12-5-3-4-6-14(12)15;2*1-2-11-7-8-13-10-12-5-3-4-6-14(12)15(13)9-11;2*1-9(2)7-5-6-8-10(3)4;;;;;;/h3-8,11-14H,9-10,15-16H2,1-2H3;6*3-9H,10H2;2*5-8H2,1-4H3;;;;;;/q;6*-1;;;6*+1/p+6. The molecule has 0 amide bonds. The van der Waals surface area contributed by atoms with Gasteiger partial charge in [-0.25, -0.2) is 0 Å². The van der Waals surface area contributed by atoms with Gasteiger partial charge in [0.1, 0.15) is 0 Å². The maximum atomic E-state index is 7.14. The molecule has 6 aliphatic rings. The Balaban J connectivity index is 0.000000235. The smallest absolute Gasteiger partial charge is 0.366 e. The third-order valence-corrected chi connectivity index (χ3v) is 35.0. The third-order valence-electron chi connectivity index (χ3n) is 24.7. The summed E-state index contributed by atoms with van der Waals surface area (Å²) in [6, 6.07) is 110. The van der Waals surface area contributed by atoms with Gasteiger partial charge in [0.2, 0.25) is 0 Å². The van der Waals surface area contributed by atoms with Crippen molar-refractivity contribution in [2.45, 2.75) is 77.0 Å². The Morgan fingerprint density at radius 3 is 0.566 bits per heavy atom. The number of rotatable bonds is 17. The molecule has 12 heteroatoms. The van der Waals surface area contributed by atoms with Gasteiger partial charge in [-0.3, -0.25) is 35.5 Å². The number of unbranched alkanes of at least 4 members (excludes halogenated alkanes) is 3. The summed E-state index contributed by atoms with van der Waals surface area (Å²) in [5.74, 6) is 14.6. The molecule has 0 heterocycles. The second-order valence-corrected chi connectivity index (χ2v) is 52.7. The Morgan fingerprint density at radius 1 is 0.176 bits per heavy atom. The van der Waals surface area contributed by atoms with Crippen molar-refractivity contribution in [2.75, 3.05) is 104 Å². The van der Waals surface area contributed by atoms with E-state index in [1.807, 2.05) is 48.5 Å². The van der Waals surface area contributed by atoms with Gasteiger partial charge >= 0.3 is 134 Å². The van der Waals surface area contributed by atoms with Crippen molar-refractivity contribution >= 4 is 58.1 Å². The van der Waals surface area contributed by atoms with Gasteiger partial charge in [-0.05, 0) is 244 Å². The van der Waals surface area contributed by atoms with Crippen molar-refractivity contribution in [2.24, 2.45) is 0 Å². The van der Waals surface area contributed by atoms with Gasteiger partial charge in [-0.1, -0.05) is 241 Å². The van der Waals surface area contributed by atoms with Crippen LogP contribution in [0.1, 0.15) is 139 Å². The van der Waals surface area contributed by atoms with Crippen molar-refractivity contribution < 1.29 is 134 Å². The average molecular weight is 2980 g/mol. The molecule has 0 fully saturated rings. The molecule has 0 saturated carbocycles. The minimum atomic E-state index is -0.318. The van der Waals surface area contributed by atoms with Crippen molar-refractivity contribution in [3.8, 4) is 102 Å². The van der Waals surface area contributed by atoms with Crippen LogP contribution in [-0.2, 0) is 173 Å². The molecule has 136 heavy (non-hydrogen) atoms. The van der Waals surface area contributed by atoms with Crippen LogP contribution >= 0.6 is 47.5 Å². The van der Waals surface area contributed by atoms with Gasteiger partial charge in [0.25, 0.3) is 0 Å². The first-order chi connectivity index (χ1) is 63.3. The van der Waals surface area contributed by atoms with Crippen LogP contribution in [0, 0.1) is 74.1 Å². The maximum Gasteiger partial charge on any atom is 1.00 e. The molecule has 0 spiro atoms. The molecule has 6 aliphatic carbocycles. The molecule has 710 valence electrons. The molecule has 0 nitrogen and oxygen atoms in total. The fourth-order valence-corrected chi connectivity index (χ4v) is 25.2. The fraction of sp³-hybridized carbons (Fsp3) is 0.226. The second-order valence-electron chi connectivity index (χ2n) is 35.7. The molecule has 2 unspecified atom stereocenters. The Hall–Kier alpha value is -6.54. The molecule has 0 aromatic heterocycles. The maximum absolute atomic E-state index is 7.14. The first-order valence-corrected chi connectivity index (χ1v) is 61.3. The molecule has 14 aromatic rings. The van der Waals surface area contributed by atoms with E-state index in [0.717, 1.165) is 71.9 Å². The molecule has 0 bridgehead atoms. The largest absolute Gasteiger partial charge is 1.00 e. The molecule has 14 aromatic carbocycles. The first kappa shape index (κ1) is 118. The summed E-state index contributed by atoms with van der Waals surface area (Å²) in [6.45, 7) is 24.2. The summed E-state index contributed by atoms with van der Waals surface area (Å²) in [5, 5.41) is 3.17. The van der Waals surface area contributed by atoms with Crippen LogP contribution in [0.25, 0.3) is 66.8 Å². The minimum Gasteiger partial charge on any atom is -0.366 e. The summed E-state index contributed by atoms with van der Waals surface area (Å²) in [6.07, 6.45) is 66.5. The van der Waals surface area contributed by atoms with E-state index in [9.17, 15) is 0 Å². The van der Waals surface area contributed by atoms with Crippen molar-refractivity contribution in [1.82, 2.24) is 0 Å². The van der Waals surface area contributed by atoms with E-state index in [0.29, 0.717) is 0 Å². The molecule has 0 aliphatic heterocycles. The van der Waals surface area contributed by atoms with E-state index < -0.39 is 0 Å². The monoisotopic (exact) mass is 2980 g/mol. The molecule has 0 saturated heterocycles. The zero-order valence-corrected chi connectivity index (χ0v) is 98.6. The Kier molecular flexibility index (Phi) is 53.9. The van der Waals surface area contributed by atoms with E-state index in [2.05, 4.69) is 369 Å². The van der Waals surface area contributed by atoms with Gasteiger partial charge in [-0.2, -0.15) is 0 Å². The Labute approximate surface area is 919 Å². The summed E-state index contributed by atoms with van der Waals surface area (Å²) in [7, 11) is -0.320. The van der Waals surface area contributed by atoms with Gasteiger partial charge in [0.05, 0.1) is 60.9 Å². The third kappa shape index (κ3) is 34.7. The van der Waals surface area contributed by atoms with Crippen molar-refractivity contribution in [3.05, 3.63) is 454 Å². The SMILES string of the molecule is C[PH+](C)CCCC[PH+](C)C.C[PH+](C)CCCC[PH+](C)C.C[PH+](CCCC[PH+](C)c1ccccc1)c1ccccc1.[Au+].[Au+].[Au+].[Au+].[Au+].[Au+].[C-]#Cc1ccc2c(c1)-c1ccccc1C2.[C-]#Cc1ccc2c(c1)-c1ccccc1C2.[C-]#Cc1ccc2c(c1)Cc1ccccc1-2.[C-]#Cc1ccc2c(c1)Cc1ccccc1-2.[C-]#Cc1ccc2c(c1)Cc1ccccc1-2.[C-]#Cc1ccc2c(c1)Cc1ccccc1-2. The van der Waals surface area contributed by atoms with Crippen LogP contribution in [0.15, 0.2) is 315 Å². The van der Waals surface area contributed by atoms with Crippen LogP contribution in [0.3, 0.4) is 0 Å². The van der Waals surface area contributed by atoms with Crippen molar-refractivity contribution in [3.63, 3.8) is 0 Å². The van der Waals surface area contributed by atoms with E-state index in [-0.39, 0.29) is 182 Å². The second kappa shape index (κ2) is 62.0. The zero-order chi connectivity index (χ0) is 91.7. The molecular weight excluding hydrogens is 2860 g/mol. The van der Waals surface area contributed by atoms with Crippen LogP contribution < -0.4 is 10.6 Å². The van der Waals surface area contributed by atoms with Crippen LogP contribution in [0.4, 0.5) is 0 Å². The van der Waals surface area contributed by atoms with Crippen molar-refractivity contribution in [1.29, 1.82) is 0 Å². The predicted molar refractivity (Wildman–Crippen MR) is 584 cm³/mol. The fourth-order valence-electron chi connectivity index (χ4n) is 17.7. The van der Waals surface area contributed by atoms with E-state index >= 15 is 0 Å². The number of benzene rings is 14. The zero-order valence-electron chi connectivity index (χ0n) is 79.6. The van der Waals surface area contributed by atoms with E-state index in [1.165, 1.54) is 209 Å². The minimum absolute atomic E-state index is 0. The van der Waals surface area contributed by atoms with Crippen LogP contribution in [0.2, 0.25) is 0 Å². The summed E-state index contributed by atoms with van der Waals surface area (Å²) < 4.78 is 0. The first-order valence-electron chi connectivity index (χ1n) is 46.1. The van der Waals surface area contributed by atoms with Crippen LogP contribution in [-0.4, -0.2) is 104 Å². The topological polar surface area (TPSA) is 0 Å². The van der Waals surface area contributed by atoms with E-state index in [4.69, 9.17) is 38.5 Å². The van der Waals surface area contributed by atoms with Crippen LogP contribution in [0.5, 0.6) is 0 Å². The average Bonchev–Trinajstić information content (AvgIpc) is 1.66. The van der Waals surface area contributed by atoms with Gasteiger partial charge in [-0.15, -0.1) is 106 Å². The summed E-state index contributed by atoms with van der Waals surface area (Å²) in [5.41, 5.74) is 37.2. The molecule has 0 radical (unpaired) electrons. The normalized spacial score (nSPS) is 11.4. The van der Waals surface area contributed by atoms with Gasteiger partial charge < -0.3 is 38.5 Å². The van der Waals surface area contributed by atoms with Gasteiger partial charge in [0.15, 0.2) is 0 Å². The number of hydrogen-bond donors (Lipinski definition) is 0. The molecule has 2 atom stereocenters. The summed E-state index contributed by atoms with van der Waals surface area (Å²) in [4.78, 5) is 0. The Bertz CT molecular complexity index is 5810. The van der Waals surface area contributed by atoms with Gasteiger partial charge in [0, 0.05) is 69.2 Å². The van der Waals surface area contributed by atoms with E-state index in [1.54, 1.807) is 10.6 Å². The number of fused-ring (bicyclic) bond motifs is 18. The number of hydrogen-bond acceptors (Lipinski definition) is 0. The molecule has 0 N–H and O–H groups in total. The quantitative estimate of drug-likeness (QED) is 0.0280. The predicted octanol–water partition coefficient (Wildman–Crippen LogP) is 28.7. The molecule has 20 rings (SSSR count). The molecular formula is C124H124Au6P6+6.